The average molecular weight is 177 g/mol. The van der Waals surface area contributed by atoms with Gasteiger partial charge in [-0.15, -0.1) is 0 Å². The van der Waals surface area contributed by atoms with Gasteiger partial charge in [0.2, 0.25) is 5.91 Å². The smallest absolute Gasteiger partial charge is 0.241 e. The predicted octanol–water partition coefficient (Wildman–Crippen LogP) is 0.0272. The number of hydrazine groups is 1. The molecule has 0 aromatic heterocycles. The minimum absolute atomic E-state index is 0.0442. The Hall–Kier alpha value is -1.55. The largest absolute Gasteiger partial charge is 0.399 e. The van der Waals surface area contributed by atoms with Crippen molar-refractivity contribution in [2.24, 2.45) is 5.84 Å². The van der Waals surface area contributed by atoms with E-state index >= 15 is 0 Å². The van der Waals surface area contributed by atoms with E-state index in [2.05, 4.69) is 0 Å². The van der Waals surface area contributed by atoms with E-state index in [0.29, 0.717) is 18.7 Å². The number of carbonyl (C=O) groups excluding carboxylic acids is 1. The quantitative estimate of drug-likeness (QED) is 0.333. The Bertz CT molecular complexity index is 362. The number of rotatable bonds is 0. The van der Waals surface area contributed by atoms with Gasteiger partial charge < -0.3 is 5.73 Å². The van der Waals surface area contributed by atoms with Crippen molar-refractivity contribution in [3.63, 3.8) is 0 Å². The first-order valence-electron chi connectivity index (χ1n) is 4.09. The van der Waals surface area contributed by atoms with Gasteiger partial charge in [0.1, 0.15) is 0 Å². The summed E-state index contributed by atoms with van der Waals surface area (Å²) in [6.07, 6.45) is 0.381. The molecular formula is C9H11N3O. The lowest BCUT2D eigenvalue weighted by atomic mass is 10.00. The molecule has 1 aliphatic heterocycles. The van der Waals surface area contributed by atoms with E-state index < -0.39 is 0 Å². The molecule has 2 rings (SSSR count). The van der Waals surface area contributed by atoms with Crippen molar-refractivity contribution in [1.29, 1.82) is 0 Å². The first-order valence-corrected chi connectivity index (χ1v) is 4.09. The van der Waals surface area contributed by atoms with Crippen LogP contribution in [-0.4, -0.2) is 10.9 Å². The van der Waals surface area contributed by atoms with Crippen molar-refractivity contribution in [2.75, 3.05) is 5.73 Å². The molecule has 1 heterocycles. The number of hydrogen-bond donors (Lipinski definition) is 2. The lowest BCUT2D eigenvalue weighted by Gasteiger charge is -2.24. The molecule has 13 heavy (non-hydrogen) atoms. The normalized spacial score (nSPS) is 15.8. The maximum atomic E-state index is 11.2. The monoisotopic (exact) mass is 177 g/mol. The van der Waals surface area contributed by atoms with E-state index in [-0.39, 0.29) is 5.91 Å². The molecule has 1 aliphatic rings. The summed E-state index contributed by atoms with van der Waals surface area (Å²) in [5.74, 6) is 5.44. The maximum Gasteiger partial charge on any atom is 0.241 e. The van der Waals surface area contributed by atoms with Gasteiger partial charge in [-0.1, -0.05) is 6.07 Å². The number of hydrogen-bond acceptors (Lipinski definition) is 3. The van der Waals surface area contributed by atoms with Crippen LogP contribution in [0.3, 0.4) is 0 Å². The number of amides is 1. The number of nitrogen functional groups attached to an aromatic ring is 1. The zero-order valence-electron chi connectivity index (χ0n) is 7.16. The number of nitrogens with two attached hydrogens (primary N) is 2. The van der Waals surface area contributed by atoms with Crippen LogP contribution in [-0.2, 0) is 17.8 Å². The molecule has 68 valence electrons. The molecule has 1 aromatic rings. The van der Waals surface area contributed by atoms with Crippen LogP contribution in [0.5, 0.6) is 0 Å². The molecule has 0 atom stereocenters. The summed E-state index contributed by atoms with van der Waals surface area (Å²) in [5, 5.41) is 1.22. The summed E-state index contributed by atoms with van der Waals surface area (Å²) in [6, 6.07) is 5.55. The number of carbonyl (C=O) groups is 1. The summed E-state index contributed by atoms with van der Waals surface area (Å²) in [7, 11) is 0. The number of nitrogens with zero attached hydrogens (tertiary/aromatic N) is 1. The van der Waals surface area contributed by atoms with Gasteiger partial charge in [0.15, 0.2) is 0 Å². The van der Waals surface area contributed by atoms with E-state index in [1.165, 1.54) is 5.01 Å². The van der Waals surface area contributed by atoms with Crippen LogP contribution in [0.25, 0.3) is 0 Å². The Kier molecular flexibility index (Phi) is 1.70. The van der Waals surface area contributed by atoms with E-state index in [4.69, 9.17) is 11.6 Å². The average Bonchev–Trinajstić information content (AvgIpc) is 2.08. The van der Waals surface area contributed by atoms with Crippen molar-refractivity contribution in [1.82, 2.24) is 5.01 Å². The highest BCUT2D eigenvalue weighted by molar-refractivity contribution is 5.80. The zero-order valence-corrected chi connectivity index (χ0v) is 7.16. The molecule has 0 saturated heterocycles. The predicted molar refractivity (Wildman–Crippen MR) is 49.3 cm³/mol. The second-order valence-electron chi connectivity index (χ2n) is 3.23. The Morgan fingerprint density at radius 2 is 2.08 bits per heavy atom. The Labute approximate surface area is 76.1 Å². The fourth-order valence-electron chi connectivity index (χ4n) is 1.50. The molecule has 0 saturated carbocycles. The Balaban J connectivity index is 2.42. The van der Waals surface area contributed by atoms with Gasteiger partial charge in [0, 0.05) is 5.69 Å². The van der Waals surface area contributed by atoms with E-state index in [1.54, 1.807) is 6.07 Å². The van der Waals surface area contributed by atoms with Gasteiger partial charge in [0.05, 0.1) is 13.0 Å². The Morgan fingerprint density at radius 1 is 1.31 bits per heavy atom. The van der Waals surface area contributed by atoms with Crippen LogP contribution in [0.4, 0.5) is 5.69 Å². The van der Waals surface area contributed by atoms with Gasteiger partial charge in [-0.25, -0.2) is 5.84 Å². The molecule has 1 aromatic carbocycles. The topological polar surface area (TPSA) is 72.3 Å². The third-order valence-corrected chi connectivity index (χ3v) is 2.23. The molecule has 0 aliphatic carbocycles. The van der Waals surface area contributed by atoms with Crippen LogP contribution in [0.15, 0.2) is 18.2 Å². The summed E-state index contributed by atoms with van der Waals surface area (Å²) in [4.78, 5) is 11.2. The van der Waals surface area contributed by atoms with Gasteiger partial charge in [0.25, 0.3) is 0 Å². The van der Waals surface area contributed by atoms with Crippen LogP contribution in [0.1, 0.15) is 11.1 Å². The summed E-state index contributed by atoms with van der Waals surface area (Å²) in [5.41, 5.74) is 8.40. The van der Waals surface area contributed by atoms with Gasteiger partial charge in [-0.3, -0.25) is 9.80 Å². The third kappa shape index (κ3) is 1.36. The first-order chi connectivity index (χ1) is 6.16. The Morgan fingerprint density at radius 3 is 2.85 bits per heavy atom. The van der Waals surface area contributed by atoms with Gasteiger partial charge >= 0.3 is 0 Å². The molecule has 4 nitrogen and oxygen atoms in total. The highest BCUT2D eigenvalue weighted by Crippen LogP contribution is 2.19. The summed E-state index contributed by atoms with van der Waals surface area (Å²) in [6.45, 7) is 0.458. The van der Waals surface area contributed by atoms with Crippen molar-refractivity contribution in [2.45, 2.75) is 13.0 Å². The standard InChI is InChI=1S/C9H11N3O/c10-8-2-1-6-4-9(13)12(11)5-7(6)3-8/h1-3H,4-5,10-11H2. The molecular weight excluding hydrogens is 166 g/mol. The molecule has 1 amide bonds. The van der Waals surface area contributed by atoms with Crippen molar-refractivity contribution in [3.05, 3.63) is 29.3 Å². The fraction of sp³-hybridized carbons (Fsp3) is 0.222. The first kappa shape index (κ1) is 8.07. The van der Waals surface area contributed by atoms with Crippen LogP contribution in [0, 0.1) is 0 Å². The van der Waals surface area contributed by atoms with Gasteiger partial charge in [-0.2, -0.15) is 0 Å². The molecule has 0 bridgehead atoms. The molecule has 0 fully saturated rings. The minimum atomic E-state index is -0.0442. The molecule has 4 N–H and O–H groups in total. The summed E-state index contributed by atoms with van der Waals surface area (Å²) >= 11 is 0. The zero-order chi connectivity index (χ0) is 9.42. The molecule has 0 unspecified atom stereocenters. The highest BCUT2D eigenvalue weighted by atomic mass is 16.2. The molecule has 4 heteroatoms. The highest BCUT2D eigenvalue weighted by Gasteiger charge is 2.19. The second-order valence-corrected chi connectivity index (χ2v) is 3.23. The number of benzene rings is 1. The van der Waals surface area contributed by atoms with Crippen molar-refractivity contribution < 1.29 is 4.79 Å². The molecule has 0 radical (unpaired) electrons. The van der Waals surface area contributed by atoms with Crippen LogP contribution in [0.2, 0.25) is 0 Å². The summed E-state index contributed by atoms with van der Waals surface area (Å²) < 4.78 is 0. The fourth-order valence-corrected chi connectivity index (χ4v) is 1.50. The van der Waals surface area contributed by atoms with Crippen molar-refractivity contribution in [3.8, 4) is 0 Å². The van der Waals surface area contributed by atoms with E-state index in [9.17, 15) is 4.79 Å². The lowest BCUT2D eigenvalue weighted by Crippen LogP contribution is -2.41. The second kappa shape index (κ2) is 2.74. The van der Waals surface area contributed by atoms with Crippen LogP contribution < -0.4 is 11.6 Å². The number of fused-ring (bicyclic) bond motifs is 1. The SMILES string of the molecule is Nc1ccc2c(c1)CN(N)C(=O)C2. The van der Waals surface area contributed by atoms with Crippen molar-refractivity contribution >= 4 is 11.6 Å². The number of anilines is 1. The van der Waals surface area contributed by atoms with E-state index in [0.717, 1.165) is 11.1 Å². The maximum absolute atomic E-state index is 11.2. The molecule has 0 spiro atoms. The lowest BCUT2D eigenvalue weighted by molar-refractivity contribution is -0.132. The minimum Gasteiger partial charge on any atom is -0.399 e. The van der Waals surface area contributed by atoms with E-state index in [1.807, 2.05) is 12.1 Å². The van der Waals surface area contributed by atoms with Crippen LogP contribution >= 0.6 is 0 Å². The van der Waals surface area contributed by atoms with Gasteiger partial charge in [-0.05, 0) is 23.3 Å². The third-order valence-electron chi connectivity index (χ3n) is 2.23.